The number of rotatable bonds is 10. The van der Waals surface area contributed by atoms with Crippen LogP contribution < -0.4 is 4.74 Å². The van der Waals surface area contributed by atoms with Crippen LogP contribution >= 0.6 is 23.2 Å². The van der Waals surface area contributed by atoms with Crippen LogP contribution in [-0.2, 0) is 25.7 Å². The van der Waals surface area contributed by atoms with Crippen LogP contribution in [0.4, 0.5) is 0 Å². The molecule has 6 aromatic carbocycles. The molecule has 0 aliphatic heterocycles. The van der Waals surface area contributed by atoms with Gasteiger partial charge in [-0.2, -0.15) is 0 Å². The third kappa shape index (κ3) is 5.15. The molecule has 0 atom stereocenters. The van der Waals surface area contributed by atoms with Crippen LogP contribution in [0, 0.1) is 0 Å². The molecule has 0 saturated heterocycles. The Bertz CT molecular complexity index is 1830. The van der Waals surface area contributed by atoms with E-state index in [1.165, 1.54) is 54.6 Å². The summed E-state index contributed by atoms with van der Waals surface area (Å²) in [6.07, 6.45) is 8.05. The average molecular weight is 608 g/mol. The minimum Gasteiger partial charge on any atom is -0.453 e. The Hall–Kier alpha value is -3.26. The Labute approximate surface area is 265 Å². The molecule has 0 N–H and O–H groups in total. The monoisotopic (exact) mass is 606 g/mol. The lowest BCUT2D eigenvalue weighted by molar-refractivity contribution is 0.494. The van der Waals surface area contributed by atoms with Gasteiger partial charge in [0.1, 0.15) is 0 Å². The highest BCUT2D eigenvalue weighted by molar-refractivity contribution is 6.35. The van der Waals surface area contributed by atoms with Crippen molar-refractivity contribution >= 4 is 66.3 Å². The van der Waals surface area contributed by atoms with Gasteiger partial charge in [-0.05, 0) is 92.4 Å². The zero-order valence-corrected chi connectivity index (χ0v) is 27.3. The highest BCUT2D eigenvalue weighted by Gasteiger charge is 2.23. The summed E-state index contributed by atoms with van der Waals surface area (Å²) in [5, 5.41) is 11.2. The number of aryl methyl sites for hydroxylation is 4. The zero-order valence-electron chi connectivity index (χ0n) is 25.7. The Morgan fingerprint density at radius 2 is 0.744 bits per heavy atom. The van der Waals surface area contributed by atoms with E-state index in [4.69, 9.17) is 27.9 Å². The van der Waals surface area contributed by atoms with Gasteiger partial charge in [0, 0.05) is 10.8 Å². The molecule has 0 unspecified atom stereocenters. The van der Waals surface area contributed by atoms with Gasteiger partial charge >= 0.3 is 0 Å². The summed E-state index contributed by atoms with van der Waals surface area (Å²) in [6, 6.07) is 26.1. The van der Waals surface area contributed by atoms with Crippen molar-refractivity contribution in [2.45, 2.75) is 79.1 Å². The van der Waals surface area contributed by atoms with Crippen molar-refractivity contribution in [3.63, 3.8) is 0 Å². The second-order valence-corrected chi connectivity index (χ2v) is 12.5. The van der Waals surface area contributed by atoms with Gasteiger partial charge < -0.3 is 4.74 Å². The molecule has 0 fully saturated rings. The van der Waals surface area contributed by atoms with Crippen molar-refractivity contribution < 1.29 is 4.74 Å². The summed E-state index contributed by atoms with van der Waals surface area (Å²) in [5.74, 6) is 1.43. The van der Waals surface area contributed by atoms with Crippen molar-refractivity contribution in [1.82, 2.24) is 0 Å². The number of hydrogen-bond acceptors (Lipinski definition) is 1. The van der Waals surface area contributed by atoms with Gasteiger partial charge in [0.15, 0.2) is 11.5 Å². The van der Waals surface area contributed by atoms with E-state index >= 15 is 0 Å². The van der Waals surface area contributed by atoms with Crippen LogP contribution in [-0.4, -0.2) is 0 Å². The SMILES string of the molecule is CCCc1c2ccccc2c(CCC)c2c(Oc3c(Cl)ccc4c(CCC)c5ccccc5c(CCC)c34)c(Cl)ccc12. The maximum absolute atomic E-state index is 7.14. The third-order valence-corrected chi connectivity index (χ3v) is 9.43. The molecule has 0 saturated carbocycles. The first-order valence-corrected chi connectivity index (χ1v) is 16.8. The Morgan fingerprint density at radius 3 is 1.09 bits per heavy atom. The fourth-order valence-corrected chi connectivity index (χ4v) is 7.55. The van der Waals surface area contributed by atoms with Crippen LogP contribution in [0.5, 0.6) is 11.5 Å². The minimum absolute atomic E-state index is 0.613. The van der Waals surface area contributed by atoms with E-state index in [-0.39, 0.29) is 0 Å². The van der Waals surface area contributed by atoms with Crippen LogP contribution in [0.2, 0.25) is 10.0 Å². The van der Waals surface area contributed by atoms with Gasteiger partial charge in [0.25, 0.3) is 0 Å². The summed E-state index contributed by atoms with van der Waals surface area (Å²) in [5.41, 5.74) is 5.32. The second kappa shape index (κ2) is 12.8. The summed E-state index contributed by atoms with van der Waals surface area (Å²) >= 11 is 14.2. The fourth-order valence-electron chi connectivity index (χ4n) is 7.15. The highest BCUT2D eigenvalue weighted by Crippen LogP contribution is 2.49. The first kappa shape index (κ1) is 29.8. The van der Waals surface area contributed by atoms with E-state index in [2.05, 4.69) is 88.4 Å². The Morgan fingerprint density at radius 1 is 0.419 bits per heavy atom. The normalized spacial score (nSPS) is 11.8. The Kier molecular flexibility index (Phi) is 8.85. The first-order valence-electron chi connectivity index (χ1n) is 16.0. The molecule has 0 aliphatic carbocycles. The van der Waals surface area contributed by atoms with Gasteiger partial charge in [-0.25, -0.2) is 0 Å². The maximum atomic E-state index is 7.14. The molecule has 0 radical (unpaired) electrons. The fraction of sp³-hybridized carbons (Fsp3) is 0.300. The van der Waals surface area contributed by atoms with Crippen molar-refractivity contribution in [2.24, 2.45) is 0 Å². The molecule has 0 aromatic heterocycles. The van der Waals surface area contributed by atoms with Gasteiger partial charge in [0.2, 0.25) is 0 Å². The van der Waals surface area contributed by atoms with Crippen molar-refractivity contribution in [2.75, 3.05) is 0 Å². The molecule has 1 nitrogen and oxygen atoms in total. The van der Waals surface area contributed by atoms with Crippen LogP contribution in [0.25, 0.3) is 43.1 Å². The van der Waals surface area contributed by atoms with E-state index in [0.717, 1.165) is 62.1 Å². The Balaban J connectivity index is 1.73. The van der Waals surface area contributed by atoms with E-state index in [1.54, 1.807) is 0 Å². The number of hydrogen-bond donors (Lipinski definition) is 0. The van der Waals surface area contributed by atoms with E-state index in [0.29, 0.717) is 21.5 Å². The molecular weight excluding hydrogens is 567 g/mol. The molecule has 6 rings (SSSR count). The molecule has 220 valence electrons. The summed E-state index contributed by atoms with van der Waals surface area (Å²) in [7, 11) is 0. The number of ether oxygens (including phenoxy) is 1. The van der Waals surface area contributed by atoms with Gasteiger partial charge in [-0.3, -0.25) is 0 Å². The number of benzene rings is 6. The van der Waals surface area contributed by atoms with Crippen molar-refractivity contribution in [1.29, 1.82) is 0 Å². The third-order valence-electron chi connectivity index (χ3n) is 8.83. The van der Waals surface area contributed by atoms with E-state index < -0.39 is 0 Å². The van der Waals surface area contributed by atoms with Crippen LogP contribution in [0.1, 0.15) is 75.6 Å². The molecule has 43 heavy (non-hydrogen) atoms. The maximum Gasteiger partial charge on any atom is 0.154 e. The lowest BCUT2D eigenvalue weighted by atomic mass is 9.87. The molecule has 0 spiro atoms. The zero-order chi connectivity index (χ0) is 30.1. The summed E-state index contributed by atoms with van der Waals surface area (Å²) in [4.78, 5) is 0. The first-order chi connectivity index (χ1) is 21.0. The van der Waals surface area contributed by atoms with Gasteiger partial charge in [-0.1, -0.05) is 137 Å². The number of fused-ring (bicyclic) bond motifs is 4. The molecular formula is C40H40Cl2O. The predicted molar refractivity (Wildman–Crippen MR) is 189 cm³/mol. The minimum atomic E-state index is 0.613. The molecule has 0 amide bonds. The molecule has 0 aliphatic rings. The topological polar surface area (TPSA) is 9.23 Å². The molecule has 3 heteroatoms. The second-order valence-electron chi connectivity index (χ2n) is 11.7. The van der Waals surface area contributed by atoms with E-state index in [9.17, 15) is 0 Å². The van der Waals surface area contributed by atoms with Crippen LogP contribution in [0.15, 0.2) is 72.8 Å². The molecule has 6 aromatic rings. The smallest absolute Gasteiger partial charge is 0.154 e. The van der Waals surface area contributed by atoms with Gasteiger partial charge in [-0.15, -0.1) is 0 Å². The summed E-state index contributed by atoms with van der Waals surface area (Å²) < 4.78 is 7.14. The lowest BCUT2D eigenvalue weighted by Gasteiger charge is -2.23. The van der Waals surface area contributed by atoms with Crippen LogP contribution in [0.3, 0.4) is 0 Å². The predicted octanol–water partition coefficient (Wildman–Crippen LogP) is 13.2. The van der Waals surface area contributed by atoms with Crippen molar-refractivity contribution in [3.05, 3.63) is 105 Å². The molecule has 0 bridgehead atoms. The highest BCUT2D eigenvalue weighted by atomic mass is 35.5. The quantitative estimate of drug-likeness (QED) is 0.141. The van der Waals surface area contributed by atoms with E-state index in [1.807, 2.05) is 12.1 Å². The standard InChI is InChI=1S/C40H40Cl2O/c1-5-13-25-27-17-9-11-19-29(27)31(15-7-3)37-33(25)21-23-35(41)39(37)43-40-36(42)24-22-34-26(14-6-2)28-18-10-12-20-30(28)32(16-8-4)38(34)40/h9-12,17-24H,5-8,13-16H2,1-4H3. The van der Waals surface area contributed by atoms with Gasteiger partial charge in [0.05, 0.1) is 10.0 Å². The molecule has 0 heterocycles. The largest absolute Gasteiger partial charge is 0.453 e. The summed E-state index contributed by atoms with van der Waals surface area (Å²) in [6.45, 7) is 8.98. The average Bonchev–Trinajstić information content (AvgIpc) is 3.02. The van der Waals surface area contributed by atoms with Crippen molar-refractivity contribution in [3.8, 4) is 11.5 Å². The number of halogens is 2. The lowest BCUT2D eigenvalue weighted by Crippen LogP contribution is -2.01.